The van der Waals surface area contributed by atoms with E-state index in [1.54, 1.807) is 0 Å². The van der Waals surface area contributed by atoms with Gasteiger partial charge in [0, 0.05) is 30.4 Å². The first-order valence-corrected chi connectivity index (χ1v) is 9.64. The van der Waals surface area contributed by atoms with Gasteiger partial charge in [0.2, 0.25) is 0 Å². The van der Waals surface area contributed by atoms with Gasteiger partial charge in [0.15, 0.2) is 0 Å². The van der Waals surface area contributed by atoms with Crippen LogP contribution in [0.25, 0.3) is 0 Å². The van der Waals surface area contributed by atoms with Crippen molar-refractivity contribution in [3.05, 3.63) is 100 Å². The molecule has 3 nitrogen and oxygen atoms in total. The number of carbonyl (C=O) groups excluding carboxylic acids is 1. The Bertz CT molecular complexity index is 1030. The van der Waals surface area contributed by atoms with Crippen LogP contribution in [-0.4, -0.2) is 20.1 Å². The molecule has 0 N–H and O–H groups in total. The third-order valence-corrected chi connectivity index (χ3v) is 5.72. The monoisotopic (exact) mass is 391 g/mol. The van der Waals surface area contributed by atoms with E-state index in [0.717, 1.165) is 22.4 Å². The molecule has 1 aliphatic heterocycles. The number of esters is 1. The van der Waals surface area contributed by atoms with Crippen LogP contribution in [0.2, 0.25) is 5.02 Å². The molecule has 4 heteroatoms. The summed E-state index contributed by atoms with van der Waals surface area (Å²) in [6.07, 6.45) is 0. The highest BCUT2D eigenvalue weighted by molar-refractivity contribution is 6.30. The van der Waals surface area contributed by atoms with Crippen molar-refractivity contribution in [1.82, 2.24) is 0 Å². The molecule has 0 bridgehead atoms. The Morgan fingerprint density at radius 2 is 1.57 bits per heavy atom. The van der Waals surface area contributed by atoms with Gasteiger partial charge >= 0.3 is 5.97 Å². The van der Waals surface area contributed by atoms with Gasteiger partial charge in [-0.1, -0.05) is 60.1 Å². The van der Waals surface area contributed by atoms with Crippen molar-refractivity contribution in [2.75, 3.05) is 19.0 Å². The summed E-state index contributed by atoms with van der Waals surface area (Å²) >= 11 is 6.15. The predicted molar refractivity (Wildman–Crippen MR) is 113 cm³/mol. The second-order valence-corrected chi connectivity index (χ2v) is 7.92. The molecule has 0 aliphatic carbocycles. The van der Waals surface area contributed by atoms with Crippen molar-refractivity contribution in [2.45, 2.75) is 18.4 Å². The smallest absolute Gasteiger partial charge is 0.339 e. The maximum atomic E-state index is 12.7. The van der Waals surface area contributed by atoms with Crippen LogP contribution in [0.4, 0.5) is 5.69 Å². The number of hydrogen-bond acceptors (Lipinski definition) is 3. The zero-order valence-electron chi connectivity index (χ0n) is 16.1. The Morgan fingerprint density at radius 1 is 0.929 bits per heavy atom. The van der Waals surface area contributed by atoms with Gasteiger partial charge in [-0.25, -0.2) is 4.79 Å². The molecule has 1 aliphatic rings. The SMILES string of the molecule is CN(C)c1ccccc1[C@H](c1ccc(Cl)cc1)[C@@]1(C)OC(=O)c2ccccc21. The van der Waals surface area contributed by atoms with E-state index in [4.69, 9.17) is 16.3 Å². The molecule has 0 spiro atoms. The standard InChI is InChI=1S/C24H22ClNO2/c1-24(20-10-6-4-8-18(20)23(27)28-24)22(16-12-14-17(25)15-13-16)19-9-5-7-11-21(19)26(2)3/h4-15,22H,1-3H3/t22-,24-/m0/s1. The van der Waals surface area contributed by atoms with Crippen LogP contribution >= 0.6 is 11.6 Å². The van der Waals surface area contributed by atoms with Gasteiger partial charge in [-0.2, -0.15) is 0 Å². The normalized spacial score (nSPS) is 19.1. The first-order valence-electron chi connectivity index (χ1n) is 9.26. The maximum Gasteiger partial charge on any atom is 0.339 e. The fourth-order valence-electron chi connectivity index (χ4n) is 4.20. The van der Waals surface area contributed by atoms with Crippen LogP contribution in [0.3, 0.4) is 0 Å². The second kappa shape index (κ2) is 6.99. The molecule has 2 atom stereocenters. The number of para-hydroxylation sites is 1. The molecule has 0 aromatic heterocycles. The minimum Gasteiger partial charge on any atom is -0.450 e. The third-order valence-electron chi connectivity index (χ3n) is 5.47. The zero-order chi connectivity index (χ0) is 19.9. The molecule has 3 aromatic rings. The van der Waals surface area contributed by atoms with Crippen molar-refractivity contribution in [1.29, 1.82) is 0 Å². The number of hydrogen-bond donors (Lipinski definition) is 0. The van der Waals surface area contributed by atoms with E-state index < -0.39 is 5.60 Å². The maximum absolute atomic E-state index is 12.7. The van der Waals surface area contributed by atoms with Crippen molar-refractivity contribution in [3.63, 3.8) is 0 Å². The number of ether oxygens (including phenoxy) is 1. The largest absolute Gasteiger partial charge is 0.450 e. The number of anilines is 1. The van der Waals surface area contributed by atoms with Gasteiger partial charge in [-0.15, -0.1) is 0 Å². The third kappa shape index (κ3) is 2.96. The van der Waals surface area contributed by atoms with Crippen LogP contribution < -0.4 is 4.90 Å². The summed E-state index contributed by atoms with van der Waals surface area (Å²) in [7, 11) is 4.05. The molecule has 3 aromatic carbocycles. The number of halogens is 1. The average Bonchev–Trinajstić information content (AvgIpc) is 2.95. The molecule has 1 heterocycles. The molecule has 0 saturated heterocycles. The van der Waals surface area contributed by atoms with Gasteiger partial charge in [0.1, 0.15) is 5.60 Å². The van der Waals surface area contributed by atoms with Crippen molar-refractivity contribution in [3.8, 4) is 0 Å². The highest BCUT2D eigenvalue weighted by atomic mass is 35.5. The number of cyclic esters (lactones) is 1. The van der Waals surface area contributed by atoms with Gasteiger partial charge in [-0.05, 0) is 42.3 Å². The van der Waals surface area contributed by atoms with Crippen LogP contribution in [0, 0.1) is 0 Å². The van der Waals surface area contributed by atoms with E-state index in [2.05, 4.69) is 17.0 Å². The molecule has 4 rings (SSSR count). The summed E-state index contributed by atoms with van der Waals surface area (Å²) in [6, 6.07) is 23.7. The molecule has 142 valence electrons. The highest BCUT2D eigenvalue weighted by Gasteiger charge is 2.49. The predicted octanol–water partition coefficient (Wildman–Crippen LogP) is 5.62. The molecular weight excluding hydrogens is 370 g/mol. The number of rotatable bonds is 4. The lowest BCUT2D eigenvalue weighted by atomic mass is 9.74. The Labute approximate surface area is 170 Å². The van der Waals surface area contributed by atoms with Crippen molar-refractivity contribution in [2.24, 2.45) is 0 Å². The van der Waals surface area contributed by atoms with Gasteiger partial charge < -0.3 is 9.64 Å². The van der Waals surface area contributed by atoms with E-state index in [-0.39, 0.29) is 11.9 Å². The zero-order valence-corrected chi connectivity index (χ0v) is 16.9. The quantitative estimate of drug-likeness (QED) is 0.540. The van der Waals surface area contributed by atoms with Gasteiger partial charge in [0.05, 0.1) is 11.5 Å². The molecule has 0 radical (unpaired) electrons. The average molecular weight is 392 g/mol. The summed E-state index contributed by atoms with van der Waals surface area (Å²) in [5.74, 6) is -0.463. The van der Waals surface area contributed by atoms with Gasteiger partial charge in [-0.3, -0.25) is 0 Å². The fraction of sp³-hybridized carbons (Fsp3) is 0.208. The first-order chi connectivity index (χ1) is 13.4. The summed E-state index contributed by atoms with van der Waals surface area (Å²) < 4.78 is 6.06. The summed E-state index contributed by atoms with van der Waals surface area (Å²) in [6.45, 7) is 2.00. The van der Waals surface area contributed by atoms with E-state index in [1.807, 2.05) is 81.7 Å². The number of benzene rings is 3. The summed E-state index contributed by atoms with van der Waals surface area (Å²) in [5.41, 5.74) is 3.95. The molecular formula is C24H22ClNO2. The molecule has 0 amide bonds. The second-order valence-electron chi connectivity index (χ2n) is 7.48. The van der Waals surface area contributed by atoms with Crippen LogP contribution in [0.1, 0.15) is 39.9 Å². The van der Waals surface area contributed by atoms with Crippen LogP contribution in [0.15, 0.2) is 72.8 Å². The Hall–Kier alpha value is -2.78. The lowest BCUT2D eigenvalue weighted by molar-refractivity contribution is -0.00694. The van der Waals surface area contributed by atoms with Gasteiger partial charge in [0.25, 0.3) is 0 Å². The highest BCUT2D eigenvalue weighted by Crippen LogP contribution is 2.51. The lowest BCUT2D eigenvalue weighted by Gasteiger charge is -2.36. The minimum absolute atomic E-state index is 0.184. The molecule has 0 saturated carbocycles. The first kappa shape index (κ1) is 18.6. The lowest BCUT2D eigenvalue weighted by Crippen LogP contribution is -2.32. The summed E-state index contributed by atoms with van der Waals surface area (Å²) in [5, 5.41) is 0.678. The van der Waals surface area contributed by atoms with E-state index in [0.29, 0.717) is 10.6 Å². The van der Waals surface area contributed by atoms with Crippen molar-refractivity contribution < 1.29 is 9.53 Å². The molecule has 0 unspecified atom stereocenters. The fourth-order valence-corrected chi connectivity index (χ4v) is 4.33. The Morgan fingerprint density at radius 3 is 2.29 bits per heavy atom. The minimum atomic E-state index is -0.826. The number of nitrogens with zero attached hydrogens (tertiary/aromatic N) is 1. The van der Waals surface area contributed by atoms with E-state index in [1.165, 1.54) is 0 Å². The topological polar surface area (TPSA) is 29.5 Å². The molecule has 28 heavy (non-hydrogen) atoms. The van der Waals surface area contributed by atoms with E-state index in [9.17, 15) is 4.79 Å². The summed E-state index contributed by atoms with van der Waals surface area (Å²) in [4.78, 5) is 14.8. The van der Waals surface area contributed by atoms with Crippen LogP contribution in [0.5, 0.6) is 0 Å². The number of carbonyl (C=O) groups is 1. The number of fused-ring (bicyclic) bond motifs is 1. The van der Waals surface area contributed by atoms with Crippen molar-refractivity contribution >= 4 is 23.3 Å². The Balaban J connectivity index is 1.98. The molecule has 0 fully saturated rings. The van der Waals surface area contributed by atoms with Crippen LogP contribution in [-0.2, 0) is 10.3 Å². The Kier molecular flexibility index (Phi) is 4.64. The van der Waals surface area contributed by atoms with E-state index >= 15 is 0 Å².